The molecule has 2 aliphatic carbocycles. The highest BCUT2D eigenvalue weighted by atomic mass is 16.3. The number of rotatable bonds is 2. The number of nitrogens with zero attached hydrogens (tertiary/aromatic N) is 1. The highest BCUT2D eigenvalue weighted by Crippen LogP contribution is 2.47. The van der Waals surface area contributed by atoms with Crippen molar-refractivity contribution in [3.8, 4) is 0 Å². The number of imide groups is 1. The van der Waals surface area contributed by atoms with E-state index in [1.165, 1.54) is 4.90 Å². The van der Waals surface area contributed by atoms with E-state index >= 15 is 0 Å². The minimum atomic E-state index is -0.583. The molecule has 4 nitrogen and oxygen atoms in total. The van der Waals surface area contributed by atoms with Crippen molar-refractivity contribution < 1.29 is 14.7 Å². The van der Waals surface area contributed by atoms with Crippen LogP contribution in [0.3, 0.4) is 0 Å². The molecule has 1 saturated heterocycles. The average Bonchev–Trinajstić information content (AvgIpc) is 2.90. The third kappa shape index (κ3) is 1.83. The molecular weight excluding hydrogens is 242 g/mol. The molecule has 2 unspecified atom stereocenters. The fourth-order valence-electron chi connectivity index (χ4n) is 4.41. The molecular formula is C15H23NO3. The van der Waals surface area contributed by atoms with Gasteiger partial charge in [-0.2, -0.15) is 0 Å². The van der Waals surface area contributed by atoms with Crippen LogP contribution in [0, 0.1) is 17.8 Å². The van der Waals surface area contributed by atoms with E-state index in [9.17, 15) is 14.7 Å². The first-order valence-corrected chi connectivity index (χ1v) is 7.58. The summed E-state index contributed by atoms with van der Waals surface area (Å²) in [5.41, 5.74) is -0.583. The quantitative estimate of drug-likeness (QED) is 0.773. The van der Waals surface area contributed by atoms with Crippen LogP contribution in [0.4, 0.5) is 0 Å². The van der Waals surface area contributed by atoms with Gasteiger partial charge in [-0.15, -0.1) is 0 Å². The number of aliphatic hydroxyl groups excluding tert-OH is 1. The summed E-state index contributed by atoms with van der Waals surface area (Å²) < 4.78 is 0. The summed E-state index contributed by atoms with van der Waals surface area (Å²) in [6, 6.07) is 0. The molecule has 0 aromatic carbocycles. The molecule has 0 aromatic heterocycles. The van der Waals surface area contributed by atoms with Crippen LogP contribution in [0.25, 0.3) is 0 Å². The molecule has 3 rings (SSSR count). The fraction of sp³-hybridized carbons (Fsp3) is 0.867. The van der Waals surface area contributed by atoms with Gasteiger partial charge in [-0.05, 0) is 31.6 Å². The number of likely N-dealkylation sites (tertiary alicyclic amines) is 1. The maximum Gasteiger partial charge on any atom is 0.233 e. The van der Waals surface area contributed by atoms with Crippen molar-refractivity contribution in [2.24, 2.45) is 17.8 Å². The summed E-state index contributed by atoms with van der Waals surface area (Å²) in [6.07, 6.45) is 6.38. The summed E-state index contributed by atoms with van der Waals surface area (Å²) >= 11 is 0. The fourth-order valence-corrected chi connectivity index (χ4v) is 4.41. The SMILES string of the molecule is CC1CC2C(=O)N(C3(CO)CCCCC3)C(=O)C2C1. The number of carbonyl (C=O) groups is 2. The molecule has 2 atom stereocenters. The number of carbonyl (C=O) groups excluding carboxylic acids is 2. The maximum absolute atomic E-state index is 12.6. The summed E-state index contributed by atoms with van der Waals surface area (Å²) in [6.45, 7) is 2.05. The zero-order valence-corrected chi connectivity index (χ0v) is 11.6. The van der Waals surface area contributed by atoms with Crippen molar-refractivity contribution >= 4 is 11.8 Å². The van der Waals surface area contributed by atoms with Gasteiger partial charge in [0.05, 0.1) is 24.0 Å². The lowest BCUT2D eigenvalue weighted by Crippen LogP contribution is -2.56. The number of hydrogen-bond acceptors (Lipinski definition) is 3. The van der Waals surface area contributed by atoms with Gasteiger partial charge in [-0.3, -0.25) is 14.5 Å². The van der Waals surface area contributed by atoms with Crippen LogP contribution in [-0.2, 0) is 9.59 Å². The summed E-state index contributed by atoms with van der Waals surface area (Å²) in [4.78, 5) is 26.7. The molecule has 19 heavy (non-hydrogen) atoms. The van der Waals surface area contributed by atoms with E-state index in [2.05, 4.69) is 6.92 Å². The van der Waals surface area contributed by atoms with Gasteiger partial charge in [0.1, 0.15) is 0 Å². The minimum absolute atomic E-state index is 0.00435. The number of amides is 2. The zero-order chi connectivity index (χ0) is 13.6. The molecule has 1 N–H and O–H groups in total. The Bertz CT molecular complexity index is 376. The van der Waals surface area contributed by atoms with Crippen LogP contribution in [-0.4, -0.2) is 34.0 Å². The van der Waals surface area contributed by atoms with Crippen LogP contribution >= 0.6 is 0 Å². The first kappa shape index (κ1) is 13.1. The normalized spacial score (nSPS) is 37.8. The van der Waals surface area contributed by atoms with Gasteiger partial charge in [-0.1, -0.05) is 26.2 Å². The molecule has 2 saturated carbocycles. The molecule has 3 aliphatic rings. The van der Waals surface area contributed by atoms with E-state index in [4.69, 9.17) is 0 Å². The standard InChI is InChI=1S/C15H23NO3/c1-10-7-11-12(8-10)14(19)16(13(11)18)15(9-17)5-3-2-4-6-15/h10-12,17H,2-9H2,1H3. The Labute approximate surface area is 114 Å². The highest BCUT2D eigenvalue weighted by Gasteiger charge is 2.57. The molecule has 0 aromatic rings. The first-order valence-electron chi connectivity index (χ1n) is 7.58. The van der Waals surface area contributed by atoms with Crippen LogP contribution in [0.1, 0.15) is 51.9 Å². The Kier molecular flexibility index (Phi) is 3.16. The molecule has 2 amide bonds. The Morgan fingerprint density at radius 1 is 1.11 bits per heavy atom. The van der Waals surface area contributed by atoms with Gasteiger partial charge >= 0.3 is 0 Å². The van der Waals surface area contributed by atoms with Gasteiger partial charge in [0.2, 0.25) is 11.8 Å². The Balaban J connectivity index is 1.89. The van der Waals surface area contributed by atoms with E-state index in [-0.39, 0.29) is 30.3 Å². The average molecular weight is 265 g/mol. The van der Waals surface area contributed by atoms with E-state index < -0.39 is 5.54 Å². The largest absolute Gasteiger partial charge is 0.394 e. The van der Waals surface area contributed by atoms with Gasteiger partial charge in [0.25, 0.3) is 0 Å². The van der Waals surface area contributed by atoms with E-state index in [1.54, 1.807) is 0 Å². The summed E-state index contributed by atoms with van der Waals surface area (Å²) in [5, 5.41) is 9.81. The molecule has 0 radical (unpaired) electrons. The monoisotopic (exact) mass is 265 g/mol. The van der Waals surface area contributed by atoms with Crippen molar-refractivity contribution in [3.63, 3.8) is 0 Å². The number of aliphatic hydroxyl groups is 1. The topological polar surface area (TPSA) is 57.6 Å². The predicted molar refractivity (Wildman–Crippen MR) is 70.1 cm³/mol. The van der Waals surface area contributed by atoms with E-state index in [1.807, 2.05) is 0 Å². The second-order valence-electron chi connectivity index (χ2n) is 6.74. The third-order valence-corrected chi connectivity index (χ3v) is 5.43. The number of hydrogen-bond donors (Lipinski definition) is 1. The van der Waals surface area contributed by atoms with Crippen molar-refractivity contribution in [1.82, 2.24) is 4.90 Å². The van der Waals surface area contributed by atoms with Gasteiger partial charge < -0.3 is 5.11 Å². The molecule has 1 heterocycles. The van der Waals surface area contributed by atoms with Crippen LogP contribution in [0.5, 0.6) is 0 Å². The molecule has 3 fully saturated rings. The van der Waals surface area contributed by atoms with Crippen molar-refractivity contribution in [2.75, 3.05) is 6.61 Å². The van der Waals surface area contributed by atoms with Gasteiger partial charge in [-0.25, -0.2) is 0 Å². The Hall–Kier alpha value is -0.900. The minimum Gasteiger partial charge on any atom is -0.394 e. The molecule has 1 aliphatic heterocycles. The van der Waals surface area contributed by atoms with E-state index in [0.717, 1.165) is 44.9 Å². The first-order chi connectivity index (χ1) is 9.09. The second kappa shape index (κ2) is 4.58. The molecule has 0 spiro atoms. The predicted octanol–water partition coefficient (Wildman–Crippen LogP) is 1.71. The lowest BCUT2D eigenvalue weighted by Gasteiger charge is -2.42. The van der Waals surface area contributed by atoms with Crippen LogP contribution in [0.2, 0.25) is 0 Å². The summed E-state index contributed by atoms with van der Waals surface area (Å²) in [7, 11) is 0. The summed E-state index contributed by atoms with van der Waals surface area (Å²) in [5.74, 6) is 0.257. The maximum atomic E-state index is 12.6. The van der Waals surface area contributed by atoms with Gasteiger partial charge in [0.15, 0.2) is 0 Å². The Morgan fingerprint density at radius 2 is 1.63 bits per heavy atom. The third-order valence-electron chi connectivity index (χ3n) is 5.43. The number of fused-ring (bicyclic) bond motifs is 1. The van der Waals surface area contributed by atoms with Crippen LogP contribution in [0.15, 0.2) is 0 Å². The molecule has 0 bridgehead atoms. The lowest BCUT2D eigenvalue weighted by atomic mass is 9.80. The van der Waals surface area contributed by atoms with Crippen molar-refractivity contribution in [2.45, 2.75) is 57.4 Å². The lowest BCUT2D eigenvalue weighted by molar-refractivity contribution is -0.152. The Morgan fingerprint density at radius 3 is 2.11 bits per heavy atom. The van der Waals surface area contributed by atoms with Crippen molar-refractivity contribution in [1.29, 1.82) is 0 Å². The second-order valence-corrected chi connectivity index (χ2v) is 6.74. The molecule has 4 heteroatoms. The van der Waals surface area contributed by atoms with Crippen LogP contribution < -0.4 is 0 Å². The molecule has 106 valence electrons. The van der Waals surface area contributed by atoms with Crippen molar-refractivity contribution in [3.05, 3.63) is 0 Å². The van der Waals surface area contributed by atoms with E-state index in [0.29, 0.717) is 5.92 Å². The smallest absolute Gasteiger partial charge is 0.233 e. The highest BCUT2D eigenvalue weighted by molar-refractivity contribution is 6.06. The zero-order valence-electron chi connectivity index (χ0n) is 11.6. The van der Waals surface area contributed by atoms with Gasteiger partial charge in [0, 0.05) is 0 Å².